The van der Waals surface area contributed by atoms with Gasteiger partial charge in [-0.05, 0) is 65.4 Å². The second-order valence-corrected chi connectivity index (χ2v) is 9.41. The van der Waals surface area contributed by atoms with Crippen LogP contribution in [-0.2, 0) is 25.4 Å². The summed E-state index contributed by atoms with van der Waals surface area (Å²) in [6, 6.07) is 22.8. The van der Waals surface area contributed by atoms with Crippen molar-refractivity contribution in [3.63, 3.8) is 0 Å². The molecular formula is C27H23F3N2S. The lowest BCUT2D eigenvalue weighted by Gasteiger charge is -2.19. The SMILES string of the molecule is Cn1nccc1-c1cc(C(F)(F)F)ccc1[C@H]1CCc2cc(SCc3ccccc3)ccc21. The van der Waals surface area contributed by atoms with Crippen LogP contribution in [-0.4, -0.2) is 9.78 Å². The molecule has 0 aliphatic heterocycles. The summed E-state index contributed by atoms with van der Waals surface area (Å²) >= 11 is 1.81. The van der Waals surface area contributed by atoms with Crippen molar-refractivity contribution in [2.45, 2.75) is 35.6 Å². The molecule has 0 spiro atoms. The van der Waals surface area contributed by atoms with E-state index in [0.29, 0.717) is 11.3 Å². The first-order valence-corrected chi connectivity index (χ1v) is 11.9. The summed E-state index contributed by atoms with van der Waals surface area (Å²) in [6.45, 7) is 0. The molecule has 0 amide bonds. The van der Waals surface area contributed by atoms with Crippen molar-refractivity contribution in [1.82, 2.24) is 9.78 Å². The number of aromatic nitrogens is 2. The molecule has 5 rings (SSSR count). The maximum atomic E-state index is 13.5. The predicted molar refractivity (Wildman–Crippen MR) is 126 cm³/mol. The van der Waals surface area contributed by atoms with E-state index in [-0.39, 0.29) is 5.92 Å². The van der Waals surface area contributed by atoms with E-state index in [1.54, 1.807) is 30.1 Å². The van der Waals surface area contributed by atoms with E-state index in [4.69, 9.17) is 0 Å². The molecule has 0 fully saturated rings. The van der Waals surface area contributed by atoms with Crippen molar-refractivity contribution in [2.24, 2.45) is 7.05 Å². The maximum absolute atomic E-state index is 13.5. The Kier molecular flexibility index (Phi) is 5.79. The second kappa shape index (κ2) is 8.75. The zero-order chi connectivity index (χ0) is 23.0. The van der Waals surface area contributed by atoms with E-state index >= 15 is 0 Å². The van der Waals surface area contributed by atoms with Gasteiger partial charge in [0.15, 0.2) is 0 Å². The zero-order valence-corrected chi connectivity index (χ0v) is 19.0. The largest absolute Gasteiger partial charge is 0.416 e. The summed E-state index contributed by atoms with van der Waals surface area (Å²) in [5.41, 5.74) is 5.37. The molecule has 33 heavy (non-hydrogen) atoms. The normalized spacial score (nSPS) is 15.6. The third-order valence-corrected chi connectivity index (χ3v) is 7.36. The molecule has 0 saturated carbocycles. The van der Waals surface area contributed by atoms with Gasteiger partial charge in [0.25, 0.3) is 0 Å². The highest BCUT2D eigenvalue weighted by Crippen LogP contribution is 2.44. The lowest BCUT2D eigenvalue weighted by atomic mass is 9.87. The van der Waals surface area contributed by atoms with Gasteiger partial charge in [0.05, 0.1) is 11.3 Å². The molecule has 1 aliphatic carbocycles. The van der Waals surface area contributed by atoms with Gasteiger partial charge in [0.2, 0.25) is 0 Å². The topological polar surface area (TPSA) is 17.8 Å². The number of halogens is 3. The third-order valence-electron chi connectivity index (χ3n) is 6.29. The number of hydrogen-bond acceptors (Lipinski definition) is 2. The Morgan fingerprint density at radius 2 is 1.76 bits per heavy atom. The lowest BCUT2D eigenvalue weighted by molar-refractivity contribution is -0.137. The minimum Gasteiger partial charge on any atom is -0.268 e. The van der Waals surface area contributed by atoms with Gasteiger partial charge in [-0.2, -0.15) is 18.3 Å². The number of alkyl halides is 3. The molecule has 4 aromatic rings. The summed E-state index contributed by atoms with van der Waals surface area (Å²) in [4.78, 5) is 1.22. The van der Waals surface area contributed by atoms with Gasteiger partial charge in [0.1, 0.15) is 0 Å². The second-order valence-electron chi connectivity index (χ2n) is 8.37. The summed E-state index contributed by atoms with van der Waals surface area (Å²) < 4.78 is 42.1. The highest BCUT2D eigenvalue weighted by molar-refractivity contribution is 7.98. The number of rotatable bonds is 5. The van der Waals surface area contributed by atoms with E-state index in [1.807, 2.05) is 30.0 Å². The van der Waals surface area contributed by atoms with Crippen molar-refractivity contribution < 1.29 is 13.2 Å². The number of benzene rings is 3. The summed E-state index contributed by atoms with van der Waals surface area (Å²) in [5.74, 6) is 0.979. The van der Waals surface area contributed by atoms with Crippen LogP contribution in [0.5, 0.6) is 0 Å². The molecule has 168 valence electrons. The quantitative estimate of drug-likeness (QED) is 0.285. The van der Waals surface area contributed by atoms with E-state index in [2.05, 4.69) is 35.4 Å². The van der Waals surface area contributed by atoms with E-state index in [9.17, 15) is 13.2 Å². The first-order chi connectivity index (χ1) is 15.9. The predicted octanol–water partition coefficient (Wildman–Crippen LogP) is 7.48. The van der Waals surface area contributed by atoms with E-state index < -0.39 is 11.7 Å². The Hall–Kier alpha value is -2.99. The Labute approximate surface area is 195 Å². The smallest absolute Gasteiger partial charge is 0.268 e. The number of nitrogens with zero attached hydrogens (tertiary/aromatic N) is 2. The summed E-state index contributed by atoms with van der Waals surface area (Å²) in [7, 11) is 1.76. The Morgan fingerprint density at radius 1 is 0.970 bits per heavy atom. The molecule has 1 atom stereocenters. The molecule has 1 aliphatic rings. The Balaban J connectivity index is 1.47. The van der Waals surface area contributed by atoms with Gasteiger partial charge in [0, 0.05) is 35.4 Å². The average molecular weight is 465 g/mol. The van der Waals surface area contributed by atoms with Gasteiger partial charge in [-0.15, -0.1) is 11.8 Å². The van der Waals surface area contributed by atoms with Crippen LogP contribution in [0.1, 0.15) is 40.2 Å². The Morgan fingerprint density at radius 3 is 2.48 bits per heavy atom. The maximum Gasteiger partial charge on any atom is 0.416 e. The molecule has 1 heterocycles. The first-order valence-electron chi connectivity index (χ1n) is 10.9. The van der Waals surface area contributed by atoms with Crippen LogP contribution in [0.4, 0.5) is 13.2 Å². The minimum atomic E-state index is -4.38. The Bertz CT molecular complexity index is 1280. The average Bonchev–Trinajstić information content (AvgIpc) is 3.43. The molecular weight excluding hydrogens is 441 g/mol. The molecule has 0 saturated heterocycles. The number of fused-ring (bicyclic) bond motifs is 1. The standard InChI is InChI=1S/C27H23F3N2S/c1-32-26(13-14-31-32)25-16-20(27(28,29)30)8-11-24(25)23-10-7-19-15-21(9-12-22(19)23)33-17-18-5-3-2-4-6-18/h2-6,8-9,11-16,23H,7,10,17H2,1H3/t23-/m0/s1. The van der Waals surface area contributed by atoms with Gasteiger partial charge >= 0.3 is 6.18 Å². The molecule has 6 heteroatoms. The summed E-state index contributed by atoms with van der Waals surface area (Å²) in [6.07, 6.45) is -0.952. The first kappa shape index (κ1) is 21.8. The number of thioether (sulfide) groups is 1. The van der Waals surface area contributed by atoms with Gasteiger partial charge in [-0.3, -0.25) is 4.68 Å². The van der Waals surface area contributed by atoms with Crippen molar-refractivity contribution in [3.05, 3.63) is 107 Å². The van der Waals surface area contributed by atoms with Crippen molar-refractivity contribution in [3.8, 4) is 11.3 Å². The van der Waals surface area contributed by atoms with Crippen LogP contribution < -0.4 is 0 Å². The van der Waals surface area contributed by atoms with Crippen LogP contribution in [0.15, 0.2) is 83.9 Å². The van der Waals surface area contributed by atoms with Crippen molar-refractivity contribution in [1.29, 1.82) is 0 Å². The zero-order valence-electron chi connectivity index (χ0n) is 18.1. The van der Waals surface area contributed by atoms with Crippen molar-refractivity contribution in [2.75, 3.05) is 0 Å². The molecule has 3 aromatic carbocycles. The molecule has 0 bridgehead atoms. The highest BCUT2D eigenvalue weighted by Gasteiger charge is 2.33. The summed E-state index contributed by atoms with van der Waals surface area (Å²) in [5, 5.41) is 4.19. The van der Waals surface area contributed by atoms with Crippen LogP contribution in [0.3, 0.4) is 0 Å². The fourth-order valence-corrected chi connectivity index (χ4v) is 5.56. The molecule has 0 radical (unpaired) electrons. The number of aryl methyl sites for hydroxylation is 2. The molecule has 0 N–H and O–H groups in total. The highest BCUT2D eigenvalue weighted by atomic mass is 32.2. The fourth-order valence-electron chi connectivity index (χ4n) is 4.64. The molecule has 2 nitrogen and oxygen atoms in total. The van der Waals surface area contributed by atoms with Crippen LogP contribution in [0.2, 0.25) is 0 Å². The van der Waals surface area contributed by atoms with Crippen LogP contribution in [0, 0.1) is 0 Å². The van der Waals surface area contributed by atoms with Gasteiger partial charge in [-0.25, -0.2) is 0 Å². The minimum absolute atomic E-state index is 0.0698. The third kappa shape index (κ3) is 4.44. The number of hydrogen-bond donors (Lipinski definition) is 0. The van der Waals surface area contributed by atoms with Crippen molar-refractivity contribution >= 4 is 11.8 Å². The lowest BCUT2D eigenvalue weighted by Crippen LogP contribution is -2.08. The van der Waals surface area contributed by atoms with Crippen LogP contribution in [0.25, 0.3) is 11.3 Å². The van der Waals surface area contributed by atoms with Crippen LogP contribution >= 0.6 is 11.8 Å². The fraction of sp³-hybridized carbons (Fsp3) is 0.222. The molecule has 0 unspecified atom stereocenters. The monoisotopic (exact) mass is 464 g/mol. The van der Waals surface area contributed by atoms with E-state index in [1.165, 1.54) is 33.7 Å². The van der Waals surface area contributed by atoms with Gasteiger partial charge in [-0.1, -0.05) is 42.5 Å². The van der Waals surface area contributed by atoms with Gasteiger partial charge < -0.3 is 0 Å². The van der Waals surface area contributed by atoms with E-state index in [0.717, 1.165) is 24.2 Å². The molecule has 1 aromatic heterocycles.